The first-order valence-electron chi connectivity index (χ1n) is 7.65. The van der Waals surface area contributed by atoms with Crippen LogP contribution in [-0.4, -0.2) is 28.4 Å². The van der Waals surface area contributed by atoms with Gasteiger partial charge in [-0.2, -0.15) is 0 Å². The molecule has 126 valence electrons. The van der Waals surface area contributed by atoms with Gasteiger partial charge in [-0.1, -0.05) is 12.1 Å². The van der Waals surface area contributed by atoms with Gasteiger partial charge in [0.15, 0.2) is 0 Å². The molecule has 0 atom stereocenters. The maximum Gasteiger partial charge on any atom is 0.269 e. The standard InChI is InChI=1S/C18H16N4O3/c1-19-18(25)12-6-8-13(9-7-12)21-16(23)11-22-15-5-3-2-4-14(15)20-10-17(22)24/h2-10H,11H2,1H3,(H,19,25)(H,21,23). The third-order valence-corrected chi connectivity index (χ3v) is 3.71. The molecule has 0 aliphatic rings. The lowest BCUT2D eigenvalue weighted by Gasteiger charge is -2.10. The van der Waals surface area contributed by atoms with Crippen LogP contribution in [-0.2, 0) is 11.3 Å². The molecular formula is C18H16N4O3. The first-order chi connectivity index (χ1) is 12.1. The highest BCUT2D eigenvalue weighted by Crippen LogP contribution is 2.11. The summed E-state index contributed by atoms with van der Waals surface area (Å²) >= 11 is 0. The summed E-state index contributed by atoms with van der Waals surface area (Å²) < 4.78 is 1.37. The van der Waals surface area contributed by atoms with Gasteiger partial charge in [-0.25, -0.2) is 4.98 Å². The molecule has 0 aliphatic carbocycles. The fraction of sp³-hybridized carbons (Fsp3) is 0.111. The van der Waals surface area contributed by atoms with Crippen molar-refractivity contribution >= 4 is 28.5 Å². The smallest absolute Gasteiger partial charge is 0.269 e. The molecule has 3 aromatic rings. The van der Waals surface area contributed by atoms with Crippen molar-refractivity contribution < 1.29 is 9.59 Å². The van der Waals surface area contributed by atoms with Crippen LogP contribution < -0.4 is 16.2 Å². The molecule has 7 nitrogen and oxygen atoms in total. The Kier molecular flexibility index (Phi) is 4.56. The van der Waals surface area contributed by atoms with Crippen molar-refractivity contribution in [3.05, 3.63) is 70.6 Å². The van der Waals surface area contributed by atoms with E-state index in [-0.39, 0.29) is 23.9 Å². The molecule has 1 aromatic heterocycles. The van der Waals surface area contributed by atoms with E-state index in [0.29, 0.717) is 22.3 Å². The molecule has 0 aliphatic heterocycles. The molecule has 2 amide bonds. The van der Waals surface area contributed by atoms with Gasteiger partial charge in [0.05, 0.1) is 17.2 Å². The number of nitrogens with one attached hydrogen (secondary N) is 2. The van der Waals surface area contributed by atoms with E-state index in [1.165, 1.54) is 10.8 Å². The Morgan fingerprint density at radius 2 is 1.80 bits per heavy atom. The Morgan fingerprint density at radius 3 is 2.52 bits per heavy atom. The lowest BCUT2D eigenvalue weighted by molar-refractivity contribution is -0.116. The molecule has 0 bridgehead atoms. The molecule has 2 aromatic carbocycles. The van der Waals surface area contributed by atoms with Crippen LogP contribution in [0.5, 0.6) is 0 Å². The molecule has 3 rings (SSSR count). The highest BCUT2D eigenvalue weighted by molar-refractivity contribution is 5.95. The van der Waals surface area contributed by atoms with Gasteiger partial charge in [-0.05, 0) is 36.4 Å². The minimum absolute atomic E-state index is 0.126. The van der Waals surface area contributed by atoms with Gasteiger partial charge in [0, 0.05) is 18.3 Å². The first kappa shape index (κ1) is 16.4. The van der Waals surface area contributed by atoms with Gasteiger partial charge in [-0.15, -0.1) is 0 Å². The number of carbonyl (C=O) groups is 2. The Bertz CT molecular complexity index is 993. The van der Waals surface area contributed by atoms with Crippen LogP contribution >= 0.6 is 0 Å². The molecule has 0 radical (unpaired) electrons. The van der Waals surface area contributed by atoms with Crippen molar-refractivity contribution in [3.8, 4) is 0 Å². The predicted molar refractivity (Wildman–Crippen MR) is 94.5 cm³/mol. The molecule has 0 fully saturated rings. The van der Waals surface area contributed by atoms with Gasteiger partial charge >= 0.3 is 0 Å². The summed E-state index contributed by atoms with van der Waals surface area (Å²) in [7, 11) is 1.55. The van der Waals surface area contributed by atoms with Gasteiger partial charge in [0.2, 0.25) is 5.91 Å². The number of benzene rings is 2. The van der Waals surface area contributed by atoms with E-state index < -0.39 is 0 Å². The van der Waals surface area contributed by atoms with Gasteiger partial charge < -0.3 is 10.6 Å². The van der Waals surface area contributed by atoms with Crippen LogP contribution in [0.25, 0.3) is 11.0 Å². The molecule has 2 N–H and O–H groups in total. The van der Waals surface area contributed by atoms with Crippen LogP contribution in [0.1, 0.15) is 10.4 Å². The van der Waals surface area contributed by atoms with E-state index in [4.69, 9.17) is 0 Å². The van der Waals surface area contributed by atoms with E-state index in [0.717, 1.165) is 0 Å². The van der Waals surface area contributed by atoms with E-state index >= 15 is 0 Å². The minimum Gasteiger partial charge on any atom is -0.355 e. The number of fused-ring (bicyclic) bond motifs is 1. The largest absolute Gasteiger partial charge is 0.355 e. The Hall–Kier alpha value is -3.48. The second-order valence-corrected chi connectivity index (χ2v) is 5.38. The van der Waals surface area contributed by atoms with Crippen molar-refractivity contribution in [1.82, 2.24) is 14.9 Å². The average Bonchev–Trinajstić information content (AvgIpc) is 2.64. The third-order valence-electron chi connectivity index (χ3n) is 3.71. The first-order valence-corrected chi connectivity index (χ1v) is 7.65. The predicted octanol–water partition coefficient (Wildman–Crippen LogP) is 1.39. The normalized spacial score (nSPS) is 10.4. The topological polar surface area (TPSA) is 93.1 Å². The number of nitrogens with zero attached hydrogens (tertiary/aromatic N) is 2. The quantitative estimate of drug-likeness (QED) is 0.753. The molecule has 25 heavy (non-hydrogen) atoms. The Morgan fingerprint density at radius 1 is 1.08 bits per heavy atom. The van der Waals surface area contributed by atoms with Crippen molar-refractivity contribution in [1.29, 1.82) is 0 Å². The molecular weight excluding hydrogens is 320 g/mol. The summed E-state index contributed by atoms with van der Waals surface area (Å²) in [4.78, 5) is 39.9. The number of aromatic nitrogens is 2. The molecule has 0 saturated heterocycles. The summed E-state index contributed by atoms with van der Waals surface area (Å²) in [6.45, 7) is -0.126. The lowest BCUT2D eigenvalue weighted by atomic mass is 10.2. The monoisotopic (exact) mass is 336 g/mol. The SMILES string of the molecule is CNC(=O)c1ccc(NC(=O)Cn2c(=O)cnc3ccccc32)cc1. The fourth-order valence-electron chi connectivity index (χ4n) is 2.47. The van der Waals surface area contributed by atoms with Gasteiger partial charge in [-0.3, -0.25) is 19.0 Å². The van der Waals surface area contributed by atoms with Crippen LogP contribution in [0.3, 0.4) is 0 Å². The second-order valence-electron chi connectivity index (χ2n) is 5.38. The summed E-state index contributed by atoms with van der Waals surface area (Å²) in [6, 6.07) is 13.6. The van der Waals surface area contributed by atoms with E-state index in [9.17, 15) is 14.4 Å². The van der Waals surface area contributed by atoms with Crippen molar-refractivity contribution in [2.45, 2.75) is 6.54 Å². The fourth-order valence-corrected chi connectivity index (χ4v) is 2.47. The number of hydrogen-bond donors (Lipinski definition) is 2. The summed E-state index contributed by atoms with van der Waals surface area (Å²) in [5, 5.41) is 5.24. The zero-order valence-corrected chi connectivity index (χ0v) is 13.5. The number of hydrogen-bond acceptors (Lipinski definition) is 4. The highest BCUT2D eigenvalue weighted by atomic mass is 16.2. The number of amides is 2. The van der Waals surface area contributed by atoms with Crippen LogP contribution in [0.2, 0.25) is 0 Å². The number of carbonyl (C=O) groups excluding carboxylic acids is 2. The maximum absolute atomic E-state index is 12.3. The average molecular weight is 336 g/mol. The molecule has 7 heteroatoms. The van der Waals surface area contributed by atoms with Crippen LogP contribution in [0.15, 0.2) is 59.5 Å². The Balaban J connectivity index is 1.78. The van der Waals surface area contributed by atoms with Crippen molar-refractivity contribution in [2.24, 2.45) is 0 Å². The minimum atomic E-state index is -0.344. The van der Waals surface area contributed by atoms with Gasteiger partial charge in [0.25, 0.3) is 11.5 Å². The van der Waals surface area contributed by atoms with Crippen LogP contribution in [0, 0.1) is 0 Å². The number of rotatable bonds is 4. The van der Waals surface area contributed by atoms with E-state index in [2.05, 4.69) is 15.6 Å². The molecule has 0 spiro atoms. The van der Waals surface area contributed by atoms with Crippen LogP contribution in [0.4, 0.5) is 5.69 Å². The van der Waals surface area contributed by atoms with Crippen molar-refractivity contribution in [3.63, 3.8) is 0 Å². The lowest BCUT2D eigenvalue weighted by Crippen LogP contribution is -2.28. The second kappa shape index (κ2) is 6.96. The molecule has 1 heterocycles. The highest BCUT2D eigenvalue weighted by Gasteiger charge is 2.10. The van der Waals surface area contributed by atoms with E-state index in [1.54, 1.807) is 49.5 Å². The third kappa shape index (κ3) is 3.55. The number of anilines is 1. The molecule has 0 saturated carbocycles. The summed E-state index contributed by atoms with van der Waals surface area (Å²) in [5.74, 6) is -0.543. The van der Waals surface area contributed by atoms with Gasteiger partial charge in [0.1, 0.15) is 6.54 Å². The van der Waals surface area contributed by atoms with Crippen molar-refractivity contribution in [2.75, 3.05) is 12.4 Å². The summed E-state index contributed by atoms with van der Waals surface area (Å²) in [6.07, 6.45) is 1.20. The zero-order valence-electron chi connectivity index (χ0n) is 13.5. The maximum atomic E-state index is 12.3. The summed E-state index contributed by atoms with van der Waals surface area (Å²) in [5.41, 5.74) is 1.94. The van der Waals surface area contributed by atoms with E-state index in [1.807, 2.05) is 6.07 Å². The molecule has 0 unspecified atom stereocenters. The number of para-hydroxylation sites is 2. The Labute approximate surface area is 143 Å². The zero-order chi connectivity index (χ0) is 17.8.